The minimum atomic E-state index is 0.810. The molecule has 1 aliphatic rings. The first-order valence-electron chi connectivity index (χ1n) is 4.40. The molecule has 3 nitrogen and oxygen atoms in total. The lowest BCUT2D eigenvalue weighted by Crippen LogP contribution is -2.36. The molecule has 2 heterocycles. The Labute approximate surface area is 80.3 Å². The van der Waals surface area contributed by atoms with Crippen LogP contribution in [0.3, 0.4) is 0 Å². The van der Waals surface area contributed by atoms with Gasteiger partial charge in [0.25, 0.3) is 0 Å². The Bertz CT molecular complexity index is 269. The van der Waals surface area contributed by atoms with Gasteiger partial charge in [0.1, 0.15) is 5.82 Å². The van der Waals surface area contributed by atoms with E-state index in [4.69, 9.17) is 4.74 Å². The molecular formula is C9H13N2OP. The molecule has 1 atom stereocenters. The molecule has 0 aliphatic carbocycles. The zero-order valence-electron chi connectivity index (χ0n) is 7.44. The lowest BCUT2D eigenvalue weighted by atomic mass is 10.4. The monoisotopic (exact) mass is 196 g/mol. The normalized spacial score (nSPS) is 17.5. The van der Waals surface area contributed by atoms with Gasteiger partial charge in [0.15, 0.2) is 0 Å². The molecule has 1 aromatic heterocycles. The van der Waals surface area contributed by atoms with Gasteiger partial charge in [0.2, 0.25) is 0 Å². The first-order valence-corrected chi connectivity index (χ1v) is 4.98. The number of aromatic nitrogens is 1. The van der Waals surface area contributed by atoms with Crippen molar-refractivity contribution in [3.63, 3.8) is 0 Å². The quantitative estimate of drug-likeness (QED) is 0.609. The highest BCUT2D eigenvalue weighted by atomic mass is 31.0. The summed E-state index contributed by atoms with van der Waals surface area (Å²) in [5, 5.41) is 1.12. The molecule has 0 aromatic carbocycles. The average Bonchev–Trinajstić information content (AvgIpc) is 2.20. The number of morpholine rings is 1. The summed E-state index contributed by atoms with van der Waals surface area (Å²) in [6.07, 6.45) is 1.87. The van der Waals surface area contributed by atoms with Crippen LogP contribution in [0.1, 0.15) is 0 Å². The number of ether oxygens (including phenoxy) is 1. The summed E-state index contributed by atoms with van der Waals surface area (Å²) in [6.45, 7) is 3.51. The van der Waals surface area contributed by atoms with Crippen LogP contribution in [0.2, 0.25) is 0 Å². The van der Waals surface area contributed by atoms with E-state index < -0.39 is 0 Å². The summed E-state index contributed by atoms with van der Waals surface area (Å²) in [5.41, 5.74) is 0. The van der Waals surface area contributed by atoms with Gasteiger partial charge < -0.3 is 9.64 Å². The van der Waals surface area contributed by atoms with Gasteiger partial charge in [-0.1, -0.05) is 0 Å². The second-order valence-corrected chi connectivity index (χ2v) is 3.72. The summed E-state index contributed by atoms with van der Waals surface area (Å²) in [7, 11) is 2.63. The molecule has 1 saturated heterocycles. The molecule has 0 saturated carbocycles. The van der Waals surface area contributed by atoms with Crippen molar-refractivity contribution < 1.29 is 4.74 Å². The molecule has 0 spiro atoms. The zero-order valence-corrected chi connectivity index (χ0v) is 8.60. The van der Waals surface area contributed by atoms with Crippen molar-refractivity contribution in [2.24, 2.45) is 0 Å². The van der Waals surface area contributed by atoms with E-state index in [0.717, 1.165) is 37.4 Å². The van der Waals surface area contributed by atoms with Crippen molar-refractivity contribution in [2.45, 2.75) is 0 Å². The predicted molar refractivity (Wildman–Crippen MR) is 56.6 cm³/mol. The maximum Gasteiger partial charge on any atom is 0.128 e. The van der Waals surface area contributed by atoms with Crippen molar-refractivity contribution in [3.8, 4) is 0 Å². The molecule has 0 amide bonds. The van der Waals surface area contributed by atoms with E-state index in [9.17, 15) is 0 Å². The smallest absolute Gasteiger partial charge is 0.128 e. The Kier molecular flexibility index (Phi) is 2.77. The fraction of sp³-hybridized carbons (Fsp3) is 0.444. The number of nitrogens with zero attached hydrogens (tertiary/aromatic N) is 2. The van der Waals surface area contributed by atoms with E-state index in [-0.39, 0.29) is 0 Å². The van der Waals surface area contributed by atoms with Gasteiger partial charge in [-0.2, -0.15) is 0 Å². The Hall–Kier alpha value is -0.660. The maximum absolute atomic E-state index is 5.27. The van der Waals surface area contributed by atoms with Crippen LogP contribution in [0.4, 0.5) is 5.82 Å². The standard InChI is InChI=1S/C9H13N2OP/c13-8-1-2-9(10-7-8)11-3-5-12-6-4-11/h1-2,7H,3-6,13H2. The average molecular weight is 196 g/mol. The first-order chi connectivity index (χ1) is 6.36. The van der Waals surface area contributed by atoms with Crippen LogP contribution in [-0.4, -0.2) is 31.3 Å². The Morgan fingerprint density at radius 2 is 2.08 bits per heavy atom. The van der Waals surface area contributed by atoms with Crippen molar-refractivity contribution in [2.75, 3.05) is 31.2 Å². The number of anilines is 1. The van der Waals surface area contributed by atoms with Crippen LogP contribution < -0.4 is 10.2 Å². The summed E-state index contributed by atoms with van der Waals surface area (Å²) in [4.78, 5) is 6.60. The van der Waals surface area contributed by atoms with Crippen LogP contribution in [-0.2, 0) is 4.74 Å². The number of pyridine rings is 1. The molecule has 2 rings (SSSR count). The van der Waals surface area contributed by atoms with Gasteiger partial charge >= 0.3 is 0 Å². The molecule has 1 aromatic rings. The molecule has 0 bridgehead atoms. The van der Waals surface area contributed by atoms with Crippen molar-refractivity contribution in [1.82, 2.24) is 4.98 Å². The number of hydrogen-bond acceptors (Lipinski definition) is 3. The van der Waals surface area contributed by atoms with E-state index in [1.165, 1.54) is 0 Å². The van der Waals surface area contributed by atoms with Crippen LogP contribution in [0.25, 0.3) is 0 Å². The fourth-order valence-corrected chi connectivity index (χ4v) is 1.55. The summed E-state index contributed by atoms with van der Waals surface area (Å²) >= 11 is 0. The highest BCUT2D eigenvalue weighted by Crippen LogP contribution is 2.10. The van der Waals surface area contributed by atoms with Gasteiger partial charge in [-0.3, -0.25) is 0 Å². The van der Waals surface area contributed by atoms with E-state index in [0.29, 0.717) is 0 Å². The van der Waals surface area contributed by atoms with E-state index in [1.54, 1.807) is 0 Å². The number of hydrogen-bond donors (Lipinski definition) is 0. The third-order valence-corrected chi connectivity index (χ3v) is 2.45. The molecule has 1 aliphatic heterocycles. The third-order valence-electron chi connectivity index (χ3n) is 2.11. The first kappa shape index (κ1) is 8.92. The van der Waals surface area contributed by atoms with E-state index >= 15 is 0 Å². The fourth-order valence-electron chi connectivity index (χ4n) is 1.38. The van der Waals surface area contributed by atoms with Crippen LogP contribution in [0, 0.1) is 0 Å². The Morgan fingerprint density at radius 1 is 1.31 bits per heavy atom. The van der Waals surface area contributed by atoms with Gasteiger partial charge in [0.05, 0.1) is 13.2 Å². The van der Waals surface area contributed by atoms with Gasteiger partial charge in [-0.05, 0) is 17.4 Å². The third kappa shape index (κ3) is 2.17. The van der Waals surface area contributed by atoms with Gasteiger partial charge in [-0.25, -0.2) is 4.98 Å². The summed E-state index contributed by atoms with van der Waals surface area (Å²) in [6, 6.07) is 4.11. The molecule has 4 heteroatoms. The van der Waals surface area contributed by atoms with Gasteiger partial charge in [0, 0.05) is 19.3 Å². The zero-order chi connectivity index (χ0) is 9.10. The van der Waals surface area contributed by atoms with E-state index in [1.807, 2.05) is 12.3 Å². The molecule has 1 fully saturated rings. The van der Waals surface area contributed by atoms with Crippen LogP contribution >= 0.6 is 9.24 Å². The Balaban J connectivity index is 2.10. The molecule has 0 N–H and O–H groups in total. The van der Waals surface area contributed by atoms with Gasteiger partial charge in [-0.15, -0.1) is 9.24 Å². The van der Waals surface area contributed by atoms with Crippen molar-refractivity contribution in [3.05, 3.63) is 18.3 Å². The highest BCUT2D eigenvalue weighted by Gasteiger charge is 2.11. The van der Waals surface area contributed by atoms with Crippen molar-refractivity contribution in [1.29, 1.82) is 0 Å². The molecule has 1 unspecified atom stereocenters. The minimum absolute atomic E-state index is 0.810. The lowest BCUT2D eigenvalue weighted by Gasteiger charge is -2.27. The largest absolute Gasteiger partial charge is 0.378 e. The lowest BCUT2D eigenvalue weighted by molar-refractivity contribution is 0.122. The predicted octanol–water partition coefficient (Wildman–Crippen LogP) is 0.419. The minimum Gasteiger partial charge on any atom is -0.378 e. The molecule has 0 radical (unpaired) electrons. The summed E-state index contributed by atoms with van der Waals surface area (Å²) in [5.74, 6) is 1.05. The second kappa shape index (κ2) is 4.03. The van der Waals surface area contributed by atoms with E-state index in [2.05, 4.69) is 25.2 Å². The summed E-state index contributed by atoms with van der Waals surface area (Å²) < 4.78 is 5.27. The molecular weight excluding hydrogens is 183 g/mol. The highest BCUT2D eigenvalue weighted by molar-refractivity contribution is 7.27. The second-order valence-electron chi connectivity index (χ2n) is 3.05. The van der Waals surface area contributed by atoms with Crippen molar-refractivity contribution >= 4 is 20.4 Å². The molecule has 70 valence electrons. The van der Waals surface area contributed by atoms with Crippen LogP contribution in [0.15, 0.2) is 18.3 Å². The maximum atomic E-state index is 5.27. The topological polar surface area (TPSA) is 25.4 Å². The van der Waals surface area contributed by atoms with Crippen LogP contribution in [0.5, 0.6) is 0 Å². The molecule has 13 heavy (non-hydrogen) atoms. The SMILES string of the molecule is Pc1ccc(N2CCOCC2)nc1. The number of rotatable bonds is 1. The Morgan fingerprint density at radius 3 is 2.69 bits per heavy atom.